The minimum atomic E-state index is -0.00150. The molecule has 0 amide bonds. The maximum atomic E-state index is 12.9. The monoisotopic (exact) mass is 388 g/mol. The molecule has 0 aliphatic heterocycles. The molecule has 0 spiro atoms. The van der Waals surface area contributed by atoms with Gasteiger partial charge >= 0.3 is 0 Å². The summed E-state index contributed by atoms with van der Waals surface area (Å²) in [6.07, 6.45) is 2.44. The van der Waals surface area contributed by atoms with Crippen molar-refractivity contribution in [3.05, 3.63) is 57.8 Å². The summed E-state index contributed by atoms with van der Waals surface area (Å²) in [5.41, 5.74) is 2.67. The second-order valence-corrected chi connectivity index (χ2v) is 7.71. The number of ether oxygens (including phenoxy) is 1. The molecule has 0 aromatic heterocycles. The van der Waals surface area contributed by atoms with Gasteiger partial charge in [0.1, 0.15) is 11.5 Å². The lowest BCUT2D eigenvalue weighted by Crippen LogP contribution is -2.21. The van der Waals surface area contributed by atoms with Crippen molar-refractivity contribution >= 4 is 34.6 Å². The summed E-state index contributed by atoms with van der Waals surface area (Å²) >= 11 is 12.3. The molecule has 3 nitrogen and oxygen atoms in total. The molecule has 0 heterocycles. The van der Waals surface area contributed by atoms with E-state index in [0.29, 0.717) is 26.9 Å². The summed E-state index contributed by atoms with van der Waals surface area (Å²) in [6.45, 7) is 0. The maximum absolute atomic E-state index is 12.9. The van der Waals surface area contributed by atoms with E-state index in [9.17, 15) is 9.90 Å². The molecule has 2 aromatic rings. The van der Waals surface area contributed by atoms with Crippen LogP contribution in [0.1, 0.15) is 24.8 Å². The molecule has 2 bridgehead atoms. The molecular weight excluding hydrogens is 371 g/mol. The summed E-state index contributed by atoms with van der Waals surface area (Å²) < 4.78 is 5.47. The lowest BCUT2D eigenvalue weighted by Gasteiger charge is -2.23. The average molecular weight is 389 g/mol. The van der Waals surface area contributed by atoms with Crippen molar-refractivity contribution < 1.29 is 14.6 Å². The van der Waals surface area contributed by atoms with Gasteiger partial charge in [0.25, 0.3) is 0 Å². The van der Waals surface area contributed by atoms with Crippen LogP contribution in [0.4, 0.5) is 0 Å². The Morgan fingerprint density at radius 2 is 1.81 bits per heavy atom. The second-order valence-electron chi connectivity index (χ2n) is 6.87. The summed E-state index contributed by atoms with van der Waals surface area (Å²) in [5.74, 6) is 0.837. The zero-order chi connectivity index (χ0) is 18.4. The molecular formula is C21H18Cl2O3. The zero-order valence-electron chi connectivity index (χ0n) is 14.3. The number of hydrogen-bond donors (Lipinski definition) is 1. The van der Waals surface area contributed by atoms with Gasteiger partial charge in [0.05, 0.1) is 12.7 Å². The highest BCUT2D eigenvalue weighted by Crippen LogP contribution is 2.47. The minimum Gasteiger partial charge on any atom is -0.511 e. The Labute approximate surface area is 162 Å². The highest BCUT2D eigenvalue weighted by molar-refractivity contribution is 6.36. The van der Waals surface area contributed by atoms with Crippen LogP contribution in [0.25, 0.3) is 16.7 Å². The van der Waals surface area contributed by atoms with Crippen molar-refractivity contribution in [2.24, 2.45) is 11.8 Å². The molecule has 2 aromatic carbocycles. The van der Waals surface area contributed by atoms with E-state index in [0.717, 1.165) is 30.4 Å². The number of carbonyl (C=O) groups is 1. The van der Waals surface area contributed by atoms with Crippen LogP contribution in [-0.2, 0) is 4.79 Å². The quantitative estimate of drug-likeness (QED) is 0.707. The number of fused-ring (bicyclic) bond motifs is 2. The largest absolute Gasteiger partial charge is 0.511 e. The van der Waals surface area contributed by atoms with E-state index in [-0.39, 0.29) is 23.4 Å². The van der Waals surface area contributed by atoms with Crippen LogP contribution in [0.2, 0.25) is 10.0 Å². The fourth-order valence-corrected chi connectivity index (χ4v) is 4.59. The van der Waals surface area contributed by atoms with Gasteiger partial charge in [0.2, 0.25) is 0 Å². The summed E-state index contributed by atoms with van der Waals surface area (Å²) in [6, 6.07) is 10.9. The molecule has 5 heteroatoms. The van der Waals surface area contributed by atoms with Gasteiger partial charge in [-0.25, -0.2) is 0 Å². The second kappa shape index (κ2) is 6.64. The lowest BCUT2D eigenvalue weighted by atomic mass is 9.82. The molecule has 26 heavy (non-hydrogen) atoms. The Morgan fingerprint density at radius 1 is 1.04 bits per heavy atom. The van der Waals surface area contributed by atoms with Crippen molar-refractivity contribution in [1.29, 1.82) is 0 Å². The number of ketones is 1. The molecule has 4 rings (SSSR count). The predicted octanol–water partition coefficient (Wildman–Crippen LogP) is 5.94. The van der Waals surface area contributed by atoms with Gasteiger partial charge in [-0.2, -0.15) is 0 Å². The van der Waals surface area contributed by atoms with E-state index >= 15 is 0 Å². The van der Waals surface area contributed by atoms with Crippen molar-refractivity contribution in [2.75, 3.05) is 7.11 Å². The lowest BCUT2D eigenvalue weighted by molar-refractivity contribution is -0.117. The number of benzene rings is 2. The molecule has 1 fully saturated rings. The van der Waals surface area contributed by atoms with E-state index in [1.54, 1.807) is 25.3 Å². The Hall–Kier alpha value is -1.97. The van der Waals surface area contributed by atoms with Crippen molar-refractivity contribution in [3.8, 4) is 16.9 Å². The van der Waals surface area contributed by atoms with Gasteiger partial charge < -0.3 is 9.84 Å². The van der Waals surface area contributed by atoms with Crippen LogP contribution in [0.5, 0.6) is 5.75 Å². The summed E-state index contributed by atoms with van der Waals surface area (Å²) in [4.78, 5) is 12.9. The number of methoxy groups -OCH3 is 1. The molecule has 2 aliphatic carbocycles. The van der Waals surface area contributed by atoms with E-state index in [1.165, 1.54) is 0 Å². The number of aliphatic hydroxyl groups excluding tert-OH is 1. The minimum absolute atomic E-state index is 0.00150. The zero-order valence-corrected chi connectivity index (χ0v) is 15.8. The molecule has 0 saturated heterocycles. The van der Waals surface area contributed by atoms with Gasteiger partial charge in [-0.05, 0) is 49.1 Å². The Balaban J connectivity index is 1.88. The number of carbonyl (C=O) groups excluding carboxylic acids is 1. The van der Waals surface area contributed by atoms with Gasteiger partial charge in [0, 0.05) is 33.0 Å². The Bertz CT molecular complexity index is 933. The van der Waals surface area contributed by atoms with E-state index < -0.39 is 0 Å². The SMILES string of the molecule is COc1ccc(-c2ccc(Cl)cc2Cl)cc1C1=C(O)[C@H]2CCC(C2)C1=O. The first kappa shape index (κ1) is 17.4. The molecule has 134 valence electrons. The van der Waals surface area contributed by atoms with Crippen LogP contribution < -0.4 is 4.74 Å². The summed E-state index contributed by atoms with van der Waals surface area (Å²) in [7, 11) is 1.56. The molecule has 2 aliphatic rings. The first-order valence-electron chi connectivity index (χ1n) is 8.60. The molecule has 0 radical (unpaired) electrons. The predicted molar refractivity (Wildman–Crippen MR) is 104 cm³/mol. The first-order chi connectivity index (χ1) is 12.5. The molecule has 2 atom stereocenters. The third kappa shape index (κ3) is 2.80. The molecule has 1 unspecified atom stereocenters. The van der Waals surface area contributed by atoms with Gasteiger partial charge in [0.15, 0.2) is 5.78 Å². The third-order valence-corrected chi connectivity index (χ3v) is 5.95. The van der Waals surface area contributed by atoms with Crippen LogP contribution in [0.15, 0.2) is 42.2 Å². The highest BCUT2D eigenvalue weighted by Gasteiger charge is 2.42. The molecule has 1 N–H and O–H groups in total. The number of aliphatic hydroxyl groups is 1. The van der Waals surface area contributed by atoms with Crippen LogP contribution >= 0.6 is 23.2 Å². The number of rotatable bonds is 3. The average Bonchev–Trinajstić information content (AvgIpc) is 3.07. The van der Waals surface area contributed by atoms with Gasteiger partial charge in [-0.1, -0.05) is 35.3 Å². The fraction of sp³-hybridized carbons (Fsp3) is 0.286. The van der Waals surface area contributed by atoms with Crippen molar-refractivity contribution in [1.82, 2.24) is 0 Å². The fourth-order valence-electron chi connectivity index (χ4n) is 4.07. The van der Waals surface area contributed by atoms with E-state index in [2.05, 4.69) is 0 Å². The smallest absolute Gasteiger partial charge is 0.170 e. The number of allylic oxidation sites excluding steroid dienone is 2. The normalized spacial score (nSPS) is 22.0. The topological polar surface area (TPSA) is 46.5 Å². The van der Waals surface area contributed by atoms with Crippen LogP contribution in [0, 0.1) is 11.8 Å². The number of halogens is 2. The van der Waals surface area contributed by atoms with E-state index in [1.807, 2.05) is 18.2 Å². The first-order valence-corrected chi connectivity index (χ1v) is 9.36. The van der Waals surface area contributed by atoms with Crippen LogP contribution in [-0.4, -0.2) is 18.0 Å². The molecule has 1 saturated carbocycles. The van der Waals surface area contributed by atoms with Crippen LogP contribution in [0.3, 0.4) is 0 Å². The van der Waals surface area contributed by atoms with Crippen molar-refractivity contribution in [3.63, 3.8) is 0 Å². The Morgan fingerprint density at radius 3 is 2.54 bits per heavy atom. The maximum Gasteiger partial charge on any atom is 0.170 e. The number of Topliss-reactive ketones (excluding diaryl/α,β-unsaturated/α-hetero) is 1. The third-order valence-electron chi connectivity index (χ3n) is 5.40. The highest BCUT2D eigenvalue weighted by atomic mass is 35.5. The van der Waals surface area contributed by atoms with E-state index in [4.69, 9.17) is 27.9 Å². The standard InChI is InChI=1S/C21H18Cl2O3/c1-26-18-7-4-11(15-6-5-14(22)10-17(15)23)9-16(18)19-20(24)12-2-3-13(8-12)21(19)25/h4-7,9-10,12-13,24H,2-3,8H2,1H3/t12-,13?/m0/s1. The summed E-state index contributed by atoms with van der Waals surface area (Å²) in [5, 5.41) is 11.8. The Kier molecular flexibility index (Phi) is 4.45. The van der Waals surface area contributed by atoms with Crippen molar-refractivity contribution in [2.45, 2.75) is 19.3 Å². The van der Waals surface area contributed by atoms with Gasteiger partial charge in [-0.3, -0.25) is 4.79 Å². The van der Waals surface area contributed by atoms with Gasteiger partial charge in [-0.15, -0.1) is 0 Å². The number of hydrogen-bond acceptors (Lipinski definition) is 3.